The van der Waals surface area contributed by atoms with E-state index in [0.29, 0.717) is 43.0 Å². The van der Waals surface area contributed by atoms with Gasteiger partial charge in [-0.15, -0.1) is 0 Å². The van der Waals surface area contributed by atoms with Gasteiger partial charge in [0.15, 0.2) is 0 Å². The zero-order chi connectivity index (χ0) is 17.3. The molecule has 1 aromatic carbocycles. The van der Waals surface area contributed by atoms with Crippen LogP contribution in [0, 0.1) is 17.8 Å². The van der Waals surface area contributed by atoms with Gasteiger partial charge in [0.2, 0.25) is 10.0 Å². The SMILES string of the molecule is CC1CC(C)CN(S(=O)(=O)c2ccc(C(=O)NCC3CC3)cc2)C1. The van der Waals surface area contributed by atoms with Crippen molar-refractivity contribution < 1.29 is 13.2 Å². The molecule has 0 radical (unpaired) electrons. The number of rotatable bonds is 5. The number of nitrogens with one attached hydrogen (secondary N) is 1. The number of hydrogen-bond donors (Lipinski definition) is 1. The van der Waals surface area contributed by atoms with Gasteiger partial charge in [-0.3, -0.25) is 4.79 Å². The van der Waals surface area contributed by atoms with E-state index in [2.05, 4.69) is 19.2 Å². The molecule has 2 aliphatic rings. The molecule has 0 bridgehead atoms. The van der Waals surface area contributed by atoms with E-state index >= 15 is 0 Å². The molecule has 0 spiro atoms. The highest BCUT2D eigenvalue weighted by Gasteiger charge is 2.31. The molecule has 2 unspecified atom stereocenters. The maximum absolute atomic E-state index is 12.8. The third-order valence-electron chi connectivity index (χ3n) is 4.84. The number of amides is 1. The fourth-order valence-corrected chi connectivity index (χ4v) is 5.07. The van der Waals surface area contributed by atoms with Crippen LogP contribution in [0.5, 0.6) is 0 Å². The number of hydrogen-bond acceptors (Lipinski definition) is 3. The summed E-state index contributed by atoms with van der Waals surface area (Å²) in [6, 6.07) is 6.30. The van der Waals surface area contributed by atoms with E-state index in [4.69, 9.17) is 0 Å². The zero-order valence-electron chi connectivity index (χ0n) is 14.4. The number of sulfonamides is 1. The predicted octanol–water partition coefficient (Wildman–Crippen LogP) is 2.49. The summed E-state index contributed by atoms with van der Waals surface area (Å²) in [5, 5.41) is 2.90. The maximum atomic E-state index is 12.8. The van der Waals surface area contributed by atoms with Gasteiger partial charge >= 0.3 is 0 Å². The molecule has 1 N–H and O–H groups in total. The summed E-state index contributed by atoms with van der Waals surface area (Å²) in [6.45, 7) is 6.02. The smallest absolute Gasteiger partial charge is 0.251 e. The molecule has 3 rings (SSSR count). The van der Waals surface area contributed by atoms with Crippen LogP contribution in [0.1, 0.15) is 43.5 Å². The summed E-state index contributed by atoms with van der Waals surface area (Å²) < 4.78 is 27.2. The summed E-state index contributed by atoms with van der Waals surface area (Å²) in [6.07, 6.45) is 3.43. The first kappa shape index (κ1) is 17.4. The van der Waals surface area contributed by atoms with Gasteiger partial charge < -0.3 is 5.32 Å². The highest BCUT2D eigenvalue weighted by Crippen LogP contribution is 2.28. The third-order valence-corrected chi connectivity index (χ3v) is 6.68. The summed E-state index contributed by atoms with van der Waals surface area (Å²) in [4.78, 5) is 12.3. The van der Waals surface area contributed by atoms with Crippen molar-refractivity contribution in [3.8, 4) is 0 Å². The molecule has 2 atom stereocenters. The van der Waals surface area contributed by atoms with Crippen LogP contribution in [0.2, 0.25) is 0 Å². The first-order valence-corrected chi connectivity index (χ1v) is 10.2. The van der Waals surface area contributed by atoms with Crippen LogP contribution in [0.25, 0.3) is 0 Å². The van der Waals surface area contributed by atoms with Gasteiger partial charge in [-0.05, 0) is 61.3 Å². The van der Waals surface area contributed by atoms with Crippen molar-refractivity contribution in [3.63, 3.8) is 0 Å². The summed E-state index contributed by atoms with van der Waals surface area (Å²) in [5.41, 5.74) is 0.509. The minimum absolute atomic E-state index is 0.133. The minimum Gasteiger partial charge on any atom is -0.352 e. The number of nitrogens with zero attached hydrogens (tertiary/aromatic N) is 1. The second kappa shape index (κ2) is 6.84. The monoisotopic (exact) mass is 350 g/mol. The molecule has 6 heteroatoms. The number of piperidine rings is 1. The van der Waals surface area contributed by atoms with E-state index in [9.17, 15) is 13.2 Å². The molecule has 1 aliphatic carbocycles. The maximum Gasteiger partial charge on any atom is 0.251 e. The number of carbonyl (C=O) groups is 1. The molecule has 1 aliphatic heterocycles. The van der Waals surface area contributed by atoms with Crippen LogP contribution < -0.4 is 5.32 Å². The first-order chi connectivity index (χ1) is 11.4. The molecule has 24 heavy (non-hydrogen) atoms. The van der Waals surface area contributed by atoms with Crippen LogP contribution in [0.15, 0.2) is 29.2 Å². The van der Waals surface area contributed by atoms with E-state index in [0.717, 1.165) is 6.42 Å². The van der Waals surface area contributed by atoms with Crippen molar-refractivity contribution in [2.75, 3.05) is 19.6 Å². The van der Waals surface area contributed by atoms with Gasteiger partial charge in [0, 0.05) is 25.2 Å². The Balaban J connectivity index is 1.70. The number of benzene rings is 1. The van der Waals surface area contributed by atoms with Gasteiger partial charge in [-0.1, -0.05) is 13.8 Å². The average Bonchev–Trinajstić information content (AvgIpc) is 3.36. The zero-order valence-corrected chi connectivity index (χ0v) is 15.2. The molecular weight excluding hydrogens is 324 g/mol. The Bertz CT molecular complexity index is 685. The van der Waals surface area contributed by atoms with Crippen LogP contribution in [0.4, 0.5) is 0 Å². The molecule has 1 heterocycles. The highest BCUT2D eigenvalue weighted by molar-refractivity contribution is 7.89. The fraction of sp³-hybridized carbons (Fsp3) is 0.611. The van der Waals surface area contributed by atoms with E-state index in [-0.39, 0.29) is 10.8 Å². The largest absolute Gasteiger partial charge is 0.352 e. The van der Waals surface area contributed by atoms with Crippen LogP contribution in [0.3, 0.4) is 0 Å². The molecular formula is C18H26N2O3S. The molecule has 1 saturated carbocycles. The molecule has 132 valence electrons. The van der Waals surface area contributed by atoms with Crippen molar-refractivity contribution in [2.45, 2.75) is 38.0 Å². The topological polar surface area (TPSA) is 66.5 Å². The standard InChI is InChI=1S/C18H26N2O3S/c1-13-9-14(2)12-20(11-13)24(22,23)17-7-5-16(6-8-17)18(21)19-10-15-3-4-15/h5-8,13-15H,3-4,9-12H2,1-2H3,(H,19,21). The lowest BCUT2D eigenvalue weighted by Gasteiger charge is -2.34. The van der Waals surface area contributed by atoms with Gasteiger partial charge in [-0.25, -0.2) is 8.42 Å². The molecule has 1 saturated heterocycles. The third kappa shape index (κ3) is 3.98. The quantitative estimate of drug-likeness (QED) is 0.887. The molecule has 1 aromatic rings. The average molecular weight is 350 g/mol. The van der Waals surface area contributed by atoms with Gasteiger partial charge in [-0.2, -0.15) is 4.31 Å². The van der Waals surface area contributed by atoms with Crippen molar-refractivity contribution in [2.24, 2.45) is 17.8 Å². The lowest BCUT2D eigenvalue weighted by molar-refractivity contribution is 0.0951. The van der Waals surface area contributed by atoms with Crippen molar-refractivity contribution in [3.05, 3.63) is 29.8 Å². The molecule has 5 nitrogen and oxygen atoms in total. The lowest BCUT2D eigenvalue weighted by atomic mass is 9.94. The van der Waals surface area contributed by atoms with Crippen molar-refractivity contribution >= 4 is 15.9 Å². The molecule has 0 aromatic heterocycles. The summed E-state index contributed by atoms with van der Waals surface area (Å²) in [5.74, 6) is 1.23. The minimum atomic E-state index is -3.48. The van der Waals surface area contributed by atoms with E-state index in [1.165, 1.54) is 12.8 Å². The van der Waals surface area contributed by atoms with Crippen molar-refractivity contribution in [1.29, 1.82) is 0 Å². The molecule has 2 fully saturated rings. The Morgan fingerprint density at radius 2 is 1.71 bits per heavy atom. The molecule has 1 amide bonds. The fourth-order valence-electron chi connectivity index (χ4n) is 3.39. The Hall–Kier alpha value is -1.40. The van der Waals surface area contributed by atoms with E-state index in [1.54, 1.807) is 28.6 Å². The second-order valence-electron chi connectivity index (χ2n) is 7.45. The second-order valence-corrected chi connectivity index (χ2v) is 9.38. The highest BCUT2D eigenvalue weighted by atomic mass is 32.2. The Labute approximate surface area is 144 Å². The van der Waals surface area contributed by atoms with Crippen LogP contribution >= 0.6 is 0 Å². The van der Waals surface area contributed by atoms with Gasteiger partial charge in [0.05, 0.1) is 4.90 Å². The lowest BCUT2D eigenvalue weighted by Crippen LogP contribution is -2.42. The van der Waals surface area contributed by atoms with Gasteiger partial charge in [0.1, 0.15) is 0 Å². The summed E-state index contributed by atoms with van der Waals surface area (Å²) >= 11 is 0. The first-order valence-electron chi connectivity index (χ1n) is 8.74. The Morgan fingerprint density at radius 3 is 2.25 bits per heavy atom. The van der Waals surface area contributed by atoms with Crippen molar-refractivity contribution in [1.82, 2.24) is 9.62 Å². The van der Waals surface area contributed by atoms with Crippen LogP contribution in [-0.4, -0.2) is 38.3 Å². The summed E-state index contributed by atoms with van der Waals surface area (Å²) in [7, 11) is -3.48. The van der Waals surface area contributed by atoms with Crippen LogP contribution in [-0.2, 0) is 10.0 Å². The van der Waals surface area contributed by atoms with E-state index < -0.39 is 10.0 Å². The Kier molecular flexibility index (Phi) is 4.97. The Morgan fingerprint density at radius 1 is 1.12 bits per heavy atom. The number of carbonyl (C=O) groups excluding carboxylic acids is 1. The normalized spacial score (nSPS) is 25.4. The predicted molar refractivity (Wildman–Crippen MR) is 93.2 cm³/mol. The van der Waals surface area contributed by atoms with E-state index in [1.807, 2.05) is 0 Å². The van der Waals surface area contributed by atoms with Gasteiger partial charge in [0.25, 0.3) is 5.91 Å².